The van der Waals surface area contributed by atoms with Crippen molar-refractivity contribution in [2.24, 2.45) is 0 Å². The first-order valence-electron chi connectivity index (χ1n) is 10.8. The molecule has 0 saturated carbocycles. The minimum Gasteiger partial charge on any atom is -0.493 e. The minimum absolute atomic E-state index is 0.0602. The lowest BCUT2D eigenvalue weighted by Crippen LogP contribution is -2.56. The topological polar surface area (TPSA) is 78.0 Å². The monoisotopic (exact) mass is 508 g/mol. The predicted molar refractivity (Wildman–Crippen MR) is 127 cm³/mol. The third-order valence-corrected chi connectivity index (χ3v) is 6.64. The first-order chi connectivity index (χ1) is 16.5. The molecule has 0 aliphatic carbocycles. The van der Waals surface area contributed by atoms with Crippen molar-refractivity contribution in [3.05, 3.63) is 46.5 Å². The molecule has 11 heteroatoms. The summed E-state index contributed by atoms with van der Waals surface area (Å²) in [6.45, 7) is 4.12. The quantitative estimate of drug-likeness (QED) is 0.493. The van der Waals surface area contributed by atoms with Gasteiger partial charge in [0.2, 0.25) is 0 Å². The Bertz CT molecular complexity index is 1200. The average Bonchev–Trinajstić information content (AvgIpc) is 2.85. The fraction of sp³-hybridized carbons (Fsp3) is 0.391. The van der Waals surface area contributed by atoms with Crippen LogP contribution in [0.3, 0.4) is 0 Å². The van der Waals surface area contributed by atoms with Crippen molar-refractivity contribution in [1.82, 2.24) is 14.9 Å². The molecule has 1 N–H and O–H groups in total. The number of ether oxygens (including phenoxy) is 4. The normalized spacial score (nSPS) is 20.7. The second kappa shape index (κ2) is 10.1. The van der Waals surface area contributed by atoms with Gasteiger partial charge >= 0.3 is 0 Å². The number of methoxy groups -OCH3 is 1. The molecule has 5 rings (SSSR count). The van der Waals surface area contributed by atoms with E-state index in [0.717, 1.165) is 25.8 Å². The van der Waals surface area contributed by atoms with E-state index in [1.54, 1.807) is 19.2 Å². The van der Waals surface area contributed by atoms with E-state index in [2.05, 4.69) is 20.2 Å². The zero-order valence-electron chi connectivity index (χ0n) is 18.4. The molecule has 2 saturated heterocycles. The van der Waals surface area contributed by atoms with E-state index >= 15 is 0 Å². The fourth-order valence-electron chi connectivity index (χ4n) is 4.11. The van der Waals surface area contributed by atoms with E-state index in [1.807, 2.05) is 0 Å². The molecule has 180 valence electrons. The largest absolute Gasteiger partial charge is 0.493 e. The van der Waals surface area contributed by atoms with E-state index in [0.29, 0.717) is 54.1 Å². The Labute approximate surface area is 205 Å². The second-order valence-electron chi connectivity index (χ2n) is 8.10. The van der Waals surface area contributed by atoms with Crippen LogP contribution >= 0.6 is 23.2 Å². The Morgan fingerprint density at radius 2 is 2.00 bits per heavy atom. The first kappa shape index (κ1) is 23.3. The number of hydrogen-bond donors (Lipinski definition) is 1. The highest BCUT2D eigenvalue weighted by atomic mass is 35.5. The third-order valence-electron chi connectivity index (χ3n) is 5.92. The van der Waals surface area contributed by atoms with Crippen molar-refractivity contribution in [1.29, 1.82) is 0 Å². The van der Waals surface area contributed by atoms with Crippen LogP contribution in [-0.4, -0.2) is 73.6 Å². The number of nitrogens with zero attached hydrogens (tertiary/aromatic N) is 3. The Morgan fingerprint density at radius 3 is 2.85 bits per heavy atom. The van der Waals surface area contributed by atoms with Crippen molar-refractivity contribution in [2.45, 2.75) is 12.1 Å². The van der Waals surface area contributed by atoms with E-state index in [1.165, 1.54) is 12.4 Å². The average molecular weight is 509 g/mol. The standard InChI is InChI=1S/C23H23Cl2FN4O4/c1-31-21-4-15-19(27-12-28-23(15)29-20-6-17(25)16(24)5-18(20)26)7-22(21)34-11-14-8-30-2-3-32-9-13(30)10-33-14/h4-7,12-14H,2-3,8-11H2,1H3,(H,27,28,29). The highest BCUT2D eigenvalue weighted by Gasteiger charge is 2.31. The van der Waals surface area contributed by atoms with Crippen LogP contribution in [0, 0.1) is 5.82 Å². The first-order valence-corrected chi connectivity index (χ1v) is 11.6. The van der Waals surface area contributed by atoms with Gasteiger partial charge in [0.05, 0.1) is 54.2 Å². The Morgan fingerprint density at radius 1 is 1.15 bits per heavy atom. The maximum Gasteiger partial charge on any atom is 0.163 e. The highest BCUT2D eigenvalue weighted by Crippen LogP contribution is 2.36. The summed E-state index contributed by atoms with van der Waals surface area (Å²) in [5.74, 6) is 0.872. The molecule has 2 unspecified atom stereocenters. The van der Waals surface area contributed by atoms with Gasteiger partial charge in [0.15, 0.2) is 11.5 Å². The van der Waals surface area contributed by atoms with Gasteiger partial charge in [0.1, 0.15) is 30.7 Å². The number of hydrogen-bond acceptors (Lipinski definition) is 8. The van der Waals surface area contributed by atoms with Crippen LogP contribution in [0.15, 0.2) is 30.6 Å². The molecule has 2 fully saturated rings. The van der Waals surface area contributed by atoms with Crippen LogP contribution in [0.1, 0.15) is 0 Å². The van der Waals surface area contributed by atoms with Gasteiger partial charge in [0, 0.05) is 24.5 Å². The summed E-state index contributed by atoms with van der Waals surface area (Å²) < 4.78 is 37.5. The highest BCUT2D eigenvalue weighted by molar-refractivity contribution is 6.42. The van der Waals surface area contributed by atoms with Crippen molar-refractivity contribution < 1.29 is 23.3 Å². The Balaban J connectivity index is 1.36. The van der Waals surface area contributed by atoms with Gasteiger partial charge in [0.25, 0.3) is 0 Å². The molecular formula is C23H23Cl2FN4O4. The molecule has 0 spiro atoms. The number of nitrogens with one attached hydrogen (secondary N) is 1. The zero-order valence-corrected chi connectivity index (χ0v) is 19.9. The molecule has 3 aromatic rings. The molecule has 34 heavy (non-hydrogen) atoms. The predicted octanol–water partition coefficient (Wildman–Crippen LogP) is 4.31. The number of benzene rings is 2. The van der Waals surface area contributed by atoms with Gasteiger partial charge in [-0.15, -0.1) is 0 Å². The van der Waals surface area contributed by atoms with E-state index in [-0.39, 0.29) is 21.8 Å². The number of morpholine rings is 2. The number of aromatic nitrogens is 2. The number of anilines is 2. The Kier molecular flexibility index (Phi) is 6.89. The molecular weight excluding hydrogens is 486 g/mol. The molecule has 0 amide bonds. The van der Waals surface area contributed by atoms with Crippen LogP contribution in [0.25, 0.3) is 10.9 Å². The maximum absolute atomic E-state index is 14.4. The van der Waals surface area contributed by atoms with Crippen LogP contribution in [0.5, 0.6) is 11.5 Å². The van der Waals surface area contributed by atoms with Gasteiger partial charge in [-0.3, -0.25) is 4.90 Å². The summed E-state index contributed by atoms with van der Waals surface area (Å²) in [5.41, 5.74) is 0.746. The van der Waals surface area contributed by atoms with Crippen molar-refractivity contribution in [3.63, 3.8) is 0 Å². The van der Waals surface area contributed by atoms with Crippen molar-refractivity contribution in [3.8, 4) is 11.5 Å². The number of halogens is 3. The molecule has 2 aromatic carbocycles. The van der Waals surface area contributed by atoms with Crippen molar-refractivity contribution >= 4 is 45.6 Å². The lowest BCUT2D eigenvalue weighted by molar-refractivity contribution is -0.124. The SMILES string of the molecule is COc1cc2c(Nc3cc(Cl)c(Cl)cc3F)ncnc2cc1OCC1CN2CCOCC2CO1. The Hall–Kier alpha value is -2.43. The summed E-state index contributed by atoms with van der Waals surface area (Å²) in [7, 11) is 1.55. The third kappa shape index (κ3) is 4.85. The van der Waals surface area contributed by atoms with Gasteiger partial charge < -0.3 is 24.3 Å². The fourth-order valence-corrected chi connectivity index (χ4v) is 4.42. The summed E-state index contributed by atoms with van der Waals surface area (Å²) >= 11 is 11.9. The van der Waals surface area contributed by atoms with E-state index < -0.39 is 5.82 Å². The molecule has 2 aliphatic heterocycles. The molecule has 8 nitrogen and oxygen atoms in total. The molecule has 2 aliphatic rings. The maximum atomic E-state index is 14.4. The van der Waals surface area contributed by atoms with Crippen LogP contribution in [0.2, 0.25) is 10.0 Å². The van der Waals surface area contributed by atoms with Crippen LogP contribution < -0.4 is 14.8 Å². The smallest absolute Gasteiger partial charge is 0.163 e. The van der Waals surface area contributed by atoms with Crippen LogP contribution in [0.4, 0.5) is 15.9 Å². The lowest BCUT2D eigenvalue weighted by atomic mass is 10.1. The van der Waals surface area contributed by atoms with Gasteiger partial charge in [-0.05, 0) is 18.2 Å². The number of rotatable bonds is 6. The molecule has 3 heterocycles. The minimum atomic E-state index is -0.553. The lowest BCUT2D eigenvalue weighted by Gasteiger charge is -2.41. The second-order valence-corrected chi connectivity index (χ2v) is 8.92. The zero-order chi connectivity index (χ0) is 23.7. The van der Waals surface area contributed by atoms with E-state index in [4.69, 9.17) is 42.1 Å². The molecule has 1 aromatic heterocycles. The van der Waals surface area contributed by atoms with Crippen LogP contribution in [-0.2, 0) is 9.47 Å². The van der Waals surface area contributed by atoms with Gasteiger partial charge in [-0.2, -0.15) is 0 Å². The summed E-state index contributed by atoms with van der Waals surface area (Å²) in [6.07, 6.45) is 1.33. The van der Waals surface area contributed by atoms with Crippen molar-refractivity contribution in [2.75, 3.05) is 51.9 Å². The molecule has 2 atom stereocenters. The number of fused-ring (bicyclic) bond motifs is 2. The summed E-state index contributed by atoms with van der Waals surface area (Å²) in [5, 5.41) is 3.95. The van der Waals surface area contributed by atoms with Gasteiger partial charge in [-0.25, -0.2) is 14.4 Å². The van der Waals surface area contributed by atoms with Gasteiger partial charge in [-0.1, -0.05) is 23.2 Å². The summed E-state index contributed by atoms with van der Waals surface area (Å²) in [4.78, 5) is 11.0. The summed E-state index contributed by atoms with van der Waals surface area (Å²) in [6, 6.07) is 6.39. The molecule has 0 bridgehead atoms. The molecule has 0 radical (unpaired) electrons. The van der Waals surface area contributed by atoms with E-state index in [9.17, 15) is 4.39 Å².